The van der Waals surface area contributed by atoms with Gasteiger partial charge < -0.3 is 11.1 Å². The van der Waals surface area contributed by atoms with Crippen molar-refractivity contribution in [2.45, 2.75) is 18.9 Å². The third kappa shape index (κ3) is 4.04. The number of fused-ring (bicyclic) bond motifs is 1. The maximum absolute atomic E-state index is 12.7. The van der Waals surface area contributed by atoms with E-state index in [0.717, 1.165) is 16.3 Å². The molecule has 0 aromatic heterocycles. The Morgan fingerprint density at radius 3 is 2.32 bits per heavy atom. The molecule has 0 radical (unpaired) electrons. The molecule has 25 heavy (non-hydrogen) atoms. The van der Waals surface area contributed by atoms with Gasteiger partial charge in [0.1, 0.15) is 6.04 Å². The van der Waals surface area contributed by atoms with Crippen molar-refractivity contribution < 1.29 is 9.59 Å². The van der Waals surface area contributed by atoms with Crippen molar-refractivity contribution in [3.63, 3.8) is 0 Å². The zero-order valence-electron chi connectivity index (χ0n) is 13.8. The lowest BCUT2D eigenvalue weighted by atomic mass is 10.0. The molecule has 0 aliphatic carbocycles. The molecule has 0 aliphatic heterocycles. The fraction of sp³-hybridized carbons (Fsp3) is 0.143. The van der Waals surface area contributed by atoms with Crippen LogP contribution in [0, 0.1) is 0 Å². The van der Waals surface area contributed by atoms with Crippen molar-refractivity contribution >= 4 is 22.6 Å². The summed E-state index contributed by atoms with van der Waals surface area (Å²) < 4.78 is 0. The molecule has 0 heterocycles. The number of nitrogens with one attached hydrogen (secondary N) is 1. The van der Waals surface area contributed by atoms with Crippen molar-refractivity contribution in [1.29, 1.82) is 0 Å². The lowest BCUT2D eigenvalue weighted by Gasteiger charge is -2.16. The van der Waals surface area contributed by atoms with E-state index in [1.807, 2.05) is 66.7 Å². The van der Waals surface area contributed by atoms with Gasteiger partial charge in [0, 0.05) is 5.56 Å². The van der Waals surface area contributed by atoms with Crippen molar-refractivity contribution in [1.82, 2.24) is 5.32 Å². The first-order valence-electron chi connectivity index (χ1n) is 8.27. The lowest BCUT2D eigenvalue weighted by Crippen LogP contribution is -2.44. The minimum atomic E-state index is -0.702. The Labute approximate surface area is 146 Å². The molecule has 0 unspecified atom stereocenters. The van der Waals surface area contributed by atoms with Gasteiger partial charge in [0.15, 0.2) is 0 Å². The monoisotopic (exact) mass is 332 g/mol. The molecule has 0 saturated heterocycles. The Morgan fingerprint density at radius 2 is 1.56 bits per heavy atom. The fourth-order valence-corrected chi connectivity index (χ4v) is 2.90. The van der Waals surface area contributed by atoms with Gasteiger partial charge in [0.25, 0.3) is 5.91 Å². The fourth-order valence-electron chi connectivity index (χ4n) is 2.90. The van der Waals surface area contributed by atoms with Crippen LogP contribution in [0.2, 0.25) is 0 Å². The number of nitrogens with two attached hydrogens (primary N) is 1. The summed E-state index contributed by atoms with van der Waals surface area (Å²) in [6.45, 7) is 0. The van der Waals surface area contributed by atoms with E-state index in [1.165, 1.54) is 0 Å². The third-order valence-electron chi connectivity index (χ3n) is 4.25. The highest BCUT2D eigenvalue weighted by Crippen LogP contribution is 2.18. The van der Waals surface area contributed by atoms with E-state index >= 15 is 0 Å². The van der Waals surface area contributed by atoms with Gasteiger partial charge in [-0.05, 0) is 35.2 Å². The van der Waals surface area contributed by atoms with Crippen LogP contribution in [0.4, 0.5) is 0 Å². The van der Waals surface area contributed by atoms with Crippen LogP contribution in [-0.2, 0) is 11.2 Å². The van der Waals surface area contributed by atoms with Crippen molar-refractivity contribution in [3.05, 3.63) is 83.9 Å². The second-order valence-corrected chi connectivity index (χ2v) is 5.98. The minimum Gasteiger partial charge on any atom is -0.368 e. The maximum Gasteiger partial charge on any atom is 0.252 e. The number of carbonyl (C=O) groups is 2. The normalized spacial score (nSPS) is 11.8. The van der Waals surface area contributed by atoms with Gasteiger partial charge in [0.2, 0.25) is 5.91 Å². The summed E-state index contributed by atoms with van der Waals surface area (Å²) in [7, 11) is 0. The molecule has 0 spiro atoms. The number of rotatable bonds is 6. The molecule has 126 valence electrons. The van der Waals surface area contributed by atoms with E-state index in [4.69, 9.17) is 5.73 Å². The van der Waals surface area contributed by atoms with Crippen molar-refractivity contribution in [2.75, 3.05) is 0 Å². The van der Waals surface area contributed by atoms with Gasteiger partial charge in [-0.2, -0.15) is 0 Å². The van der Waals surface area contributed by atoms with Crippen molar-refractivity contribution in [3.8, 4) is 0 Å². The highest BCUT2D eigenvalue weighted by molar-refractivity contribution is 6.08. The largest absolute Gasteiger partial charge is 0.368 e. The number of hydrogen-bond donors (Lipinski definition) is 2. The lowest BCUT2D eigenvalue weighted by molar-refractivity contribution is -0.120. The van der Waals surface area contributed by atoms with Crippen LogP contribution in [0.3, 0.4) is 0 Å². The number of hydrogen-bond acceptors (Lipinski definition) is 2. The van der Waals surface area contributed by atoms with E-state index in [1.54, 1.807) is 6.07 Å². The summed E-state index contributed by atoms with van der Waals surface area (Å²) in [5.74, 6) is -0.807. The third-order valence-corrected chi connectivity index (χ3v) is 4.25. The molecule has 0 saturated carbocycles. The van der Waals surface area contributed by atoms with Crippen LogP contribution in [0.5, 0.6) is 0 Å². The molecule has 4 heteroatoms. The second-order valence-electron chi connectivity index (χ2n) is 5.98. The van der Waals surface area contributed by atoms with Crippen LogP contribution >= 0.6 is 0 Å². The molecule has 0 bridgehead atoms. The Kier molecular flexibility index (Phi) is 5.09. The standard InChI is InChI=1S/C21H20N2O2/c22-20(24)19(14-13-15-7-2-1-3-8-15)23-21(25)18-12-6-10-16-9-4-5-11-17(16)18/h1-12,19H,13-14H2,(H2,22,24)(H,23,25)/t19-/m1/s1. The van der Waals surface area contributed by atoms with Gasteiger partial charge in [0.05, 0.1) is 0 Å². The molecule has 3 aromatic carbocycles. The number of amides is 2. The van der Waals surface area contributed by atoms with E-state index in [0.29, 0.717) is 18.4 Å². The maximum atomic E-state index is 12.7. The van der Waals surface area contributed by atoms with E-state index in [2.05, 4.69) is 5.32 Å². The number of aryl methyl sites for hydroxylation is 1. The summed E-state index contributed by atoms with van der Waals surface area (Å²) in [5, 5.41) is 4.62. The van der Waals surface area contributed by atoms with Gasteiger partial charge in [-0.1, -0.05) is 66.7 Å². The molecule has 1 atom stereocenters. The molecule has 3 N–H and O–H groups in total. The molecule has 2 amide bonds. The van der Waals surface area contributed by atoms with Gasteiger partial charge >= 0.3 is 0 Å². The molecular formula is C21H20N2O2. The average molecular weight is 332 g/mol. The molecule has 4 nitrogen and oxygen atoms in total. The Balaban J connectivity index is 1.75. The first kappa shape index (κ1) is 16.7. The van der Waals surface area contributed by atoms with E-state index in [9.17, 15) is 9.59 Å². The predicted octanol–water partition coefficient (Wildman–Crippen LogP) is 3.06. The van der Waals surface area contributed by atoms with Crippen LogP contribution < -0.4 is 11.1 Å². The van der Waals surface area contributed by atoms with Gasteiger partial charge in [-0.15, -0.1) is 0 Å². The zero-order chi connectivity index (χ0) is 17.6. The Bertz CT molecular complexity index is 885. The first-order chi connectivity index (χ1) is 12.1. The Hall–Kier alpha value is -3.14. The molecule has 3 aromatic rings. The molecule has 0 fully saturated rings. The summed E-state index contributed by atoms with van der Waals surface area (Å²) in [6.07, 6.45) is 1.14. The van der Waals surface area contributed by atoms with Crippen LogP contribution in [0.1, 0.15) is 22.3 Å². The highest BCUT2D eigenvalue weighted by atomic mass is 16.2. The summed E-state index contributed by atoms with van der Waals surface area (Å²) in [6, 6.07) is 22.3. The quantitative estimate of drug-likeness (QED) is 0.728. The molecule has 0 aliphatic rings. The number of benzene rings is 3. The van der Waals surface area contributed by atoms with Gasteiger partial charge in [-0.25, -0.2) is 0 Å². The van der Waals surface area contributed by atoms with E-state index < -0.39 is 11.9 Å². The summed E-state index contributed by atoms with van der Waals surface area (Å²) >= 11 is 0. The number of primary amides is 1. The SMILES string of the molecule is NC(=O)[C@@H](CCc1ccccc1)NC(=O)c1cccc2ccccc12. The molecular weight excluding hydrogens is 312 g/mol. The van der Waals surface area contributed by atoms with Crippen molar-refractivity contribution in [2.24, 2.45) is 5.73 Å². The predicted molar refractivity (Wildman–Crippen MR) is 99.2 cm³/mol. The minimum absolute atomic E-state index is 0.284. The second kappa shape index (κ2) is 7.62. The number of carbonyl (C=O) groups excluding carboxylic acids is 2. The average Bonchev–Trinajstić information content (AvgIpc) is 2.65. The Morgan fingerprint density at radius 1 is 0.880 bits per heavy atom. The topological polar surface area (TPSA) is 72.2 Å². The van der Waals surface area contributed by atoms with Gasteiger partial charge in [-0.3, -0.25) is 9.59 Å². The van der Waals surface area contributed by atoms with Crippen LogP contribution in [0.15, 0.2) is 72.8 Å². The highest BCUT2D eigenvalue weighted by Gasteiger charge is 2.19. The van der Waals surface area contributed by atoms with Crippen LogP contribution in [0.25, 0.3) is 10.8 Å². The van der Waals surface area contributed by atoms with Crippen LogP contribution in [-0.4, -0.2) is 17.9 Å². The first-order valence-corrected chi connectivity index (χ1v) is 8.27. The summed E-state index contributed by atoms with van der Waals surface area (Å²) in [4.78, 5) is 24.4. The zero-order valence-corrected chi connectivity index (χ0v) is 13.8. The molecule has 3 rings (SSSR count). The van der Waals surface area contributed by atoms with E-state index in [-0.39, 0.29) is 5.91 Å². The smallest absolute Gasteiger partial charge is 0.252 e. The summed E-state index contributed by atoms with van der Waals surface area (Å²) in [5.41, 5.74) is 7.14.